The highest BCUT2D eigenvalue weighted by Gasteiger charge is 2.15. The van der Waals surface area contributed by atoms with Crippen LogP contribution in [0.3, 0.4) is 0 Å². The lowest BCUT2D eigenvalue weighted by atomic mass is 10.1. The van der Waals surface area contributed by atoms with Gasteiger partial charge in [-0.15, -0.1) is 0 Å². The summed E-state index contributed by atoms with van der Waals surface area (Å²) in [5.41, 5.74) is -0.869. The summed E-state index contributed by atoms with van der Waals surface area (Å²) in [5.74, 6) is -0.107. The number of hydrogen-bond donors (Lipinski definition) is 1. The van der Waals surface area contributed by atoms with E-state index >= 15 is 0 Å². The topological polar surface area (TPSA) is 46.5 Å². The third-order valence-corrected chi connectivity index (χ3v) is 0.918. The van der Waals surface area contributed by atoms with Gasteiger partial charge in [0, 0.05) is 13.3 Å². The first-order chi connectivity index (χ1) is 4.81. The minimum Gasteiger partial charge on any atom is -0.432 e. The smallest absolute Gasteiger partial charge is 0.307 e. The van der Waals surface area contributed by atoms with Gasteiger partial charge in [-0.1, -0.05) is 6.58 Å². The SMILES string of the molecule is C=C(CC(C)(C)O)OC(C)=O. The normalized spacial score (nSPS) is 10.9. The van der Waals surface area contributed by atoms with E-state index in [2.05, 4.69) is 11.3 Å². The van der Waals surface area contributed by atoms with Crippen molar-refractivity contribution in [1.29, 1.82) is 0 Å². The van der Waals surface area contributed by atoms with E-state index < -0.39 is 11.6 Å². The third-order valence-electron chi connectivity index (χ3n) is 0.918. The molecule has 0 aromatic carbocycles. The summed E-state index contributed by atoms with van der Waals surface area (Å²) in [5, 5.41) is 9.25. The summed E-state index contributed by atoms with van der Waals surface area (Å²) in [4.78, 5) is 10.4. The molecule has 0 aliphatic rings. The Hall–Kier alpha value is -0.830. The minimum atomic E-state index is -0.869. The molecule has 0 fully saturated rings. The molecule has 3 nitrogen and oxygen atoms in total. The molecule has 0 saturated heterocycles. The van der Waals surface area contributed by atoms with Gasteiger partial charge >= 0.3 is 5.97 Å². The summed E-state index contributed by atoms with van der Waals surface area (Å²) in [6.07, 6.45) is 0.270. The Morgan fingerprint density at radius 3 is 2.36 bits per heavy atom. The molecule has 0 aromatic rings. The summed E-state index contributed by atoms with van der Waals surface area (Å²) < 4.78 is 4.63. The van der Waals surface area contributed by atoms with Crippen molar-refractivity contribution in [3.05, 3.63) is 12.3 Å². The first-order valence-corrected chi connectivity index (χ1v) is 3.40. The van der Waals surface area contributed by atoms with Crippen LogP contribution in [-0.2, 0) is 9.53 Å². The Bertz CT molecular complexity index is 165. The van der Waals surface area contributed by atoms with Crippen LogP contribution in [0.4, 0.5) is 0 Å². The van der Waals surface area contributed by atoms with Crippen molar-refractivity contribution in [3.8, 4) is 0 Å². The number of esters is 1. The summed E-state index contributed by atoms with van der Waals surface area (Å²) in [7, 11) is 0. The average Bonchev–Trinajstić information content (AvgIpc) is 1.53. The van der Waals surface area contributed by atoms with Crippen molar-refractivity contribution in [2.24, 2.45) is 0 Å². The van der Waals surface area contributed by atoms with Gasteiger partial charge in [-0.05, 0) is 13.8 Å². The predicted octanol–water partition coefficient (Wildman–Crippen LogP) is 1.22. The molecule has 0 aromatic heterocycles. The monoisotopic (exact) mass is 158 g/mol. The third kappa shape index (κ3) is 7.06. The second-order valence-electron chi connectivity index (χ2n) is 3.12. The fraction of sp³-hybridized carbons (Fsp3) is 0.625. The molecular weight excluding hydrogens is 144 g/mol. The molecule has 0 heterocycles. The van der Waals surface area contributed by atoms with E-state index in [9.17, 15) is 9.90 Å². The Kier molecular flexibility index (Phi) is 3.26. The molecule has 0 bridgehead atoms. The summed E-state index contributed by atoms with van der Waals surface area (Å²) >= 11 is 0. The maximum Gasteiger partial charge on any atom is 0.307 e. The van der Waals surface area contributed by atoms with Gasteiger partial charge in [-0.25, -0.2) is 0 Å². The molecular formula is C8H14O3. The number of carbonyl (C=O) groups is 1. The number of carbonyl (C=O) groups excluding carboxylic acids is 1. The molecule has 11 heavy (non-hydrogen) atoms. The van der Waals surface area contributed by atoms with Gasteiger partial charge in [0.15, 0.2) is 0 Å². The van der Waals surface area contributed by atoms with E-state index in [0.29, 0.717) is 5.76 Å². The van der Waals surface area contributed by atoms with Crippen LogP contribution in [0.5, 0.6) is 0 Å². The number of aliphatic hydroxyl groups is 1. The lowest BCUT2D eigenvalue weighted by molar-refractivity contribution is -0.137. The summed E-state index contributed by atoms with van der Waals surface area (Å²) in [6.45, 7) is 8.03. The molecule has 0 saturated carbocycles. The number of rotatable bonds is 3. The van der Waals surface area contributed by atoms with E-state index in [-0.39, 0.29) is 6.42 Å². The van der Waals surface area contributed by atoms with Crippen molar-refractivity contribution in [2.75, 3.05) is 0 Å². The van der Waals surface area contributed by atoms with Crippen molar-refractivity contribution in [1.82, 2.24) is 0 Å². The fourth-order valence-corrected chi connectivity index (χ4v) is 0.722. The van der Waals surface area contributed by atoms with Crippen molar-refractivity contribution in [3.63, 3.8) is 0 Å². The van der Waals surface area contributed by atoms with E-state index in [1.165, 1.54) is 6.92 Å². The van der Waals surface area contributed by atoms with Gasteiger partial charge in [0.1, 0.15) is 5.76 Å². The zero-order chi connectivity index (χ0) is 9.07. The standard InChI is InChI=1S/C8H14O3/c1-6(11-7(2)9)5-8(3,4)10/h10H,1,5H2,2-4H3. The predicted molar refractivity (Wildman–Crippen MR) is 41.8 cm³/mol. The number of hydrogen-bond acceptors (Lipinski definition) is 3. The lowest BCUT2D eigenvalue weighted by Gasteiger charge is -2.17. The first-order valence-electron chi connectivity index (χ1n) is 3.40. The average molecular weight is 158 g/mol. The second-order valence-corrected chi connectivity index (χ2v) is 3.12. The van der Waals surface area contributed by atoms with Crippen LogP contribution in [0, 0.1) is 0 Å². The van der Waals surface area contributed by atoms with E-state index in [0.717, 1.165) is 0 Å². The zero-order valence-corrected chi connectivity index (χ0v) is 7.18. The number of ether oxygens (including phenoxy) is 1. The van der Waals surface area contributed by atoms with Crippen molar-refractivity contribution >= 4 is 5.97 Å². The highest BCUT2D eigenvalue weighted by atomic mass is 16.5. The Morgan fingerprint density at radius 1 is 1.64 bits per heavy atom. The van der Waals surface area contributed by atoms with Crippen molar-refractivity contribution < 1.29 is 14.6 Å². The van der Waals surface area contributed by atoms with Gasteiger partial charge in [0.05, 0.1) is 5.60 Å². The molecule has 0 spiro atoms. The lowest BCUT2D eigenvalue weighted by Crippen LogP contribution is -2.20. The highest BCUT2D eigenvalue weighted by molar-refractivity contribution is 5.67. The maximum atomic E-state index is 10.4. The van der Waals surface area contributed by atoms with Gasteiger partial charge in [-0.3, -0.25) is 4.79 Å². The molecule has 0 radical (unpaired) electrons. The highest BCUT2D eigenvalue weighted by Crippen LogP contribution is 2.14. The minimum absolute atomic E-state index is 0.270. The first kappa shape index (κ1) is 10.2. The van der Waals surface area contributed by atoms with Crippen LogP contribution in [0.15, 0.2) is 12.3 Å². The van der Waals surface area contributed by atoms with Gasteiger partial charge in [-0.2, -0.15) is 0 Å². The van der Waals surface area contributed by atoms with Gasteiger partial charge in [0.2, 0.25) is 0 Å². The van der Waals surface area contributed by atoms with Crippen LogP contribution >= 0.6 is 0 Å². The maximum absolute atomic E-state index is 10.4. The molecule has 0 rings (SSSR count). The van der Waals surface area contributed by atoms with Crippen molar-refractivity contribution in [2.45, 2.75) is 32.8 Å². The second kappa shape index (κ2) is 3.53. The molecule has 0 aliphatic carbocycles. The van der Waals surface area contributed by atoms with Crippen LogP contribution in [0.25, 0.3) is 0 Å². The summed E-state index contributed by atoms with van der Waals surface area (Å²) in [6, 6.07) is 0. The van der Waals surface area contributed by atoms with Crippen LogP contribution in [-0.4, -0.2) is 16.7 Å². The molecule has 0 atom stereocenters. The molecule has 1 N–H and O–H groups in total. The largest absolute Gasteiger partial charge is 0.432 e. The van der Waals surface area contributed by atoms with Gasteiger partial charge < -0.3 is 9.84 Å². The quantitative estimate of drug-likeness (QED) is 0.496. The van der Waals surface area contributed by atoms with E-state index in [4.69, 9.17) is 0 Å². The molecule has 0 unspecified atom stereocenters. The zero-order valence-electron chi connectivity index (χ0n) is 7.18. The van der Waals surface area contributed by atoms with E-state index in [1.54, 1.807) is 13.8 Å². The Morgan fingerprint density at radius 2 is 2.09 bits per heavy atom. The Balaban J connectivity index is 3.80. The van der Waals surface area contributed by atoms with Gasteiger partial charge in [0.25, 0.3) is 0 Å². The fourth-order valence-electron chi connectivity index (χ4n) is 0.722. The van der Waals surface area contributed by atoms with E-state index in [1.807, 2.05) is 0 Å². The molecule has 0 aliphatic heterocycles. The molecule has 0 amide bonds. The van der Waals surface area contributed by atoms with Crippen LogP contribution < -0.4 is 0 Å². The van der Waals surface area contributed by atoms with Crippen LogP contribution in [0.2, 0.25) is 0 Å². The molecule has 3 heteroatoms. The Labute approximate surface area is 66.7 Å². The van der Waals surface area contributed by atoms with Crippen LogP contribution in [0.1, 0.15) is 27.2 Å². The molecule has 64 valence electrons.